The minimum absolute atomic E-state index is 0.0222. The van der Waals surface area contributed by atoms with Gasteiger partial charge >= 0.3 is 0 Å². The summed E-state index contributed by atoms with van der Waals surface area (Å²) in [7, 11) is 1.85. The third kappa shape index (κ3) is 2.59. The van der Waals surface area contributed by atoms with Crippen LogP contribution in [0.1, 0.15) is 29.5 Å². The second kappa shape index (κ2) is 4.98. The molecule has 2 N–H and O–H groups in total. The van der Waals surface area contributed by atoms with E-state index in [1.54, 1.807) is 6.07 Å². The Morgan fingerprint density at radius 1 is 1.60 bits per heavy atom. The van der Waals surface area contributed by atoms with E-state index < -0.39 is 0 Å². The maximum Gasteiger partial charge on any atom is 0.268 e. The lowest BCUT2D eigenvalue weighted by Crippen LogP contribution is -2.37. The number of hydrogen-bond acceptors (Lipinski definition) is 2. The van der Waals surface area contributed by atoms with Gasteiger partial charge in [0.1, 0.15) is 5.69 Å². The van der Waals surface area contributed by atoms with Crippen molar-refractivity contribution in [3.8, 4) is 0 Å². The summed E-state index contributed by atoms with van der Waals surface area (Å²) in [5.41, 5.74) is 1.66. The quantitative estimate of drug-likeness (QED) is 0.773. The second-order valence-corrected chi connectivity index (χ2v) is 3.68. The third-order valence-electron chi connectivity index (χ3n) is 2.65. The molecular formula is C11H18N2O2. The normalized spacial score (nSPS) is 12.5. The van der Waals surface area contributed by atoms with Crippen LogP contribution in [-0.2, 0) is 7.05 Å². The molecule has 1 atom stereocenters. The molecule has 4 heteroatoms. The number of aliphatic hydroxyl groups excluding tert-OH is 1. The number of rotatable bonds is 4. The topological polar surface area (TPSA) is 54.3 Å². The van der Waals surface area contributed by atoms with Crippen LogP contribution in [0.3, 0.4) is 0 Å². The molecule has 0 bridgehead atoms. The number of nitrogens with one attached hydrogen (secondary N) is 1. The van der Waals surface area contributed by atoms with E-state index in [1.807, 2.05) is 31.5 Å². The molecule has 0 spiro atoms. The van der Waals surface area contributed by atoms with Crippen LogP contribution in [0.2, 0.25) is 0 Å². The lowest BCUT2D eigenvalue weighted by molar-refractivity contribution is 0.0906. The summed E-state index contributed by atoms with van der Waals surface area (Å²) < 4.78 is 1.83. The number of amides is 1. The van der Waals surface area contributed by atoms with Crippen molar-refractivity contribution in [1.82, 2.24) is 9.88 Å². The first-order valence-corrected chi connectivity index (χ1v) is 5.14. The molecule has 1 amide bonds. The van der Waals surface area contributed by atoms with Gasteiger partial charge in [0.15, 0.2) is 0 Å². The summed E-state index contributed by atoms with van der Waals surface area (Å²) in [5.74, 6) is -0.133. The van der Waals surface area contributed by atoms with E-state index in [2.05, 4.69) is 5.32 Å². The van der Waals surface area contributed by atoms with Crippen molar-refractivity contribution >= 4 is 5.91 Å². The maximum atomic E-state index is 11.8. The molecule has 84 valence electrons. The lowest BCUT2D eigenvalue weighted by atomic mass is 10.2. The smallest absolute Gasteiger partial charge is 0.268 e. The third-order valence-corrected chi connectivity index (χ3v) is 2.65. The second-order valence-electron chi connectivity index (χ2n) is 3.68. The van der Waals surface area contributed by atoms with Gasteiger partial charge in [-0.15, -0.1) is 0 Å². The number of aryl methyl sites for hydroxylation is 1. The van der Waals surface area contributed by atoms with Crippen LogP contribution in [0, 0.1) is 6.92 Å². The number of hydrogen-bond donors (Lipinski definition) is 2. The van der Waals surface area contributed by atoms with E-state index in [0.717, 1.165) is 12.1 Å². The zero-order valence-corrected chi connectivity index (χ0v) is 9.45. The number of aromatic nitrogens is 1. The Morgan fingerprint density at radius 3 is 2.67 bits per heavy atom. The zero-order chi connectivity index (χ0) is 11.4. The number of carbonyl (C=O) groups is 1. The highest BCUT2D eigenvalue weighted by Gasteiger charge is 2.14. The molecule has 4 nitrogen and oxygen atoms in total. The first kappa shape index (κ1) is 11.8. The van der Waals surface area contributed by atoms with E-state index in [-0.39, 0.29) is 18.6 Å². The highest BCUT2D eigenvalue weighted by atomic mass is 16.3. The molecule has 0 aromatic carbocycles. The maximum absolute atomic E-state index is 11.8. The van der Waals surface area contributed by atoms with E-state index in [9.17, 15) is 4.79 Å². The predicted molar refractivity (Wildman–Crippen MR) is 58.8 cm³/mol. The first-order valence-electron chi connectivity index (χ1n) is 5.14. The standard InChI is InChI=1S/C11H18N2O2/c1-4-9(7-14)12-11(15)10-6-5-8(2)13(10)3/h5-6,9,14H,4,7H2,1-3H3,(H,12,15). The molecule has 1 aromatic rings. The van der Waals surface area contributed by atoms with Crippen molar-refractivity contribution in [2.75, 3.05) is 6.61 Å². The number of aliphatic hydroxyl groups is 1. The molecule has 1 aromatic heterocycles. The Hall–Kier alpha value is -1.29. The Kier molecular flexibility index (Phi) is 3.91. The summed E-state index contributed by atoms with van der Waals surface area (Å²) in [6, 6.07) is 3.52. The number of nitrogens with zero attached hydrogens (tertiary/aromatic N) is 1. The minimum atomic E-state index is -0.160. The van der Waals surface area contributed by atoms with E-state index in [4.69, 9.17) is 5.11 Å². The average Bonchev–Trinajstić information content (AvgIpc) is 2.56. The van der Waals surface area contributed by atoms with Crippen LogP contribution >= 0.6 is 0 Å². The molecule has 0 aliphatic heterocycles. The van der Waals surface area contributed by atoms with E-state index in [1.165, 1.54) is 0 Å². The van der Waals surface area contributed by atoms with Crippen molar-refractivity contribution in [2.45, 2.75) is 26.3 Å². The highest BCUT2D eigenvalue weighted by molar-refractivity contribution is 5.93. The zero-order valence-electron chi connectivity index (χ0n) is 9.45. The van der Waals surface area contributed by atoms with Gasteiger partial charge in [-0.25, -0.2) is 0 Å². The van der Waals surface area contributed by atoms with Crippen LogP contribution in [0.4, 0.5) is 0 Å². The summed E-state index contributed by atoms with van der Waals surface area (Å²) >= 11 is 0. The fraction of sp³-hybridized carbons (Fsp3) is 0.545. The Balaban J connectivity index is 2.73. The van der Waals surface area contributed by atoms with Crippen LogP contribution < -0.4 is 5.32 Å². The van der Waals surface area contributed by atoms with Crippen molar-refractivity contribution < 1.29 is 9.90 Å². The van der Waals surface area contributed by atoms with Crippen LogP contribution in [0.15, 0.2) is 12.1 Å². The lowest BCUT2D eigenvalue weighted by Gasteiger charge is -2.14. The summed E-state index contributed by atoms with van der Waals surface area (Å²) in [5, 5.41) is 11.8. The molecule has 0 saturated heterocycles. The molecule has 0 aliphatic carbocycles. The van der Waals surface area contributed by atoms with Gasteiger partial charge in [0, 0.05) is 12.7 Å². The van der Waals surface area contributed by atoms with Crippen molar-refractivity contribution in [1.29, 1.82) is 0 Å². The fourth-order valence-corrected chi connectivity index (χ4v) is 1.38. The van der Waals surface area contributed by atoms with Crippen molar-refractivity contribution in [3.05, 3.63) is 23.5 Å². The van der Waals surface area contributed by atoms with Gasteiger partial charge in [0.05, 0.1) is 12.6 Å². The number of carbonyl (C=O) groups excluding carboxylic acids is 1. The van der Waals surface area contributed by atoms with Gasteiger partial charge in [0.2, 0.25) is 0 Å². The van der Waals surface area contributed by atoms with E-state index >= 15 is 0 Å². The molecule has 0 aliphatic rings. The van der Waals surface area contributed by atoms with Gasteiger partial charge in [-0.3, -0.25) is 4.79 Å². The van der Waals surface area contributed by atoms with Crippen molar-refractivity contribution in [2.24, 2.45) is 7.05 Å². The molecule has 1 unspecified atom stereocenters. The average molecular weight is 210 g/mol. The van der Waals surface area contributed by atoms with Crippen molar-refractivity contribution in [3.63, 3.8) is 0 Å². The van der Waals surface area contributed by atoms with Crippen LogP contribution in [-0.4, -0.2) is 28.2 Å². The Labute approximate surface area is 89.9 Å². The molecule has 1 heterocycles. The predicted octanol–water partition coefficient (Wildman–Crippen LogP) is 0.834. The molecule has 0 saturated carbocycles. The van der Waals surface area contributed by atoms with Crippen LogP contribution in [0.5, 0.6) is 0 Å². The van der Waals surface area contributed by atoms with Gasteiger partial charge < -0.3 is 15.0 Å². The molecule has 0 radical (unpaired) electrons. The minimum Gasteiger partial charge on any atom is -0.394 e. The highest BCUT2D eigenvalue weighted by Crippen LogP contribution is 2.06. The van der Waals surface area contributed by atoms with Gasteiger partial charge in [-0.1, -0.05) is 6.92 Å². The SMILES string of the molecule is CCC(CO)NC(=O)c1ccc(C)n1C. The summed E-state index contributed by atoms with van der Waals surface area (Å²) in [6.45, 7) is 3.85. The Morgan fingerprint density at radius 2 is 2.27 bits per heavy atom. The summed E-state index contributed by atoms with van der Waals surface area (Å²) in [4.78, 5) is 11.8. The van der Waals surface area contributed by atoms with E-state index in [0.29, 0.717) is 5.69 Å². The fourth-order valence-electron chi connectivity index (χ4n) is 1.38. The molecule has 15 heavy (non-hydrogen) atoms. The molecule has 0 fully saturated rings. The van der Waals surface area contributed by atoms with Gasteiger partial charge in [0.25, 0.3) is 5.91 Å². The molecule has 1 rings (SSSR count). The van der Waals surface area contributed by atoms with Crippen LogP contribution in [0.25, 0.3) is 0 Å². The molecular weight excluding hydrogens is 192 g/mol. The van der Waals surface area contributed by atoms with Gasteiger partial charge in [-0.2, -0.15) is 0 Å². The first-order chi connectivity index (χ1) is 7.10. The largest absolute Gasteiger partial charge is 0.394 e. The monoisotopic (exact) mass is 210 g/mol. The van der Waals surface area contributed by atoms with Gasteiger partial charge in [-0.05, 0) is 25.5 Å². The summed E-state index contributed by atoms with van der Waals surface area (Å²) in [6.07, 6.45) is 0.728. The Bertz CT molecular complexity index is 340.